The zero-order valence-electron chi connectivity index (χ0n) is 28.1. The molecule has 1 aliphatic heterocycles. The van der Waals surface area contributed by atoms with E-state index in [1.54, 1.807) is 31.1 Å². The molecule has 0 saturated carbocycles. The van der Waals surface area contributed by atoms with Crippen LogP contribution in [-0.2, 0) is 11.3 Å². The maximum atomic E-state index is 13.2. The van der Waals surface area contributed by atoms with Crippen molar-refractivity contribution in [1.29, 1.82) is 5.41 Å². The van der Waals surface area contributed by atoms with Crippen LogP contribution in [0.1, 0.15) is 67.1 Å². The van der Waals surface area contributed by atoms with Crippen LogP contribution in [0.5, 0.6) is 11.5 Å². The summed E-state index contributed by atoms with van der Waals surface area (Å²) in [4.78, 5) is 44.1. The number of hydrogen-bond acceptors (Lipinski definition) is 9. The molecule has 2 aromatic heterocycles. The lowest BCUT2D eigenvalue weighted by Crippen LogP contribution is -2.41. The van der Waals surface area contributed by atoms with Gasteiger partial charge in [0.05, 0.1) is 11.3 Å². The normalized spacial score (nSPS) is 13.8. The number of amidine groups is 1. The molecule has 0 unspecified atom stereocenters. The van der Waals surface area contributed by atoms with Gasteiger partial charge in [0.2, 0.25) is 6.41 Å². The maximum absolute atomic E-state index is 13.2. The molecule has 4 aromatic rings. The van der Waals surface area contributed by atoms with E-state index in [9.17, 15) is 24.6 Å². The van der Waals surface area contributed by atoms with Gasteiger partial charge in [-0.25, -0.2) is 14.7 Å². The van der Waals surface area contributed by atoms with Gasteiger partial charge in [0, 0.05) is 56.9 Å². The highest BCUT2D eigenvalue weighted by Gasteiger charge is 2.28. The molecule has 15 nitrogen and oxygen atoms in total. The number of hydrogen-bond donors (Lipinski definition) is 4. The largest absolute Gasteiger partial charge is 0.508 e. The highest BCUT2D eigenvalue weighted by atomic mass is 16.3. The van der Waals surface area contributed by atoms with Gasteiger partial charge >= 0.3 is 6.03 Å². The number of aromatic hydroxyl groups is 2. The zero-order valence-corrected chi connectivity index (χ0v) is 28.1. The number of benzene rings is 2. The molecule has 1 fully saturated rings. The minimum absolute atomic E-state index is 0.0750. The number of imidazole rings is 1. The number of urea groups is 1. The minimum Gasteiger partial charge on any atom is -0.508 e. The Bertz CT molecular complexity index is 1900. The first-order valence-corrected chi connectivity index (χ1v) is 16.1. The van der Waals surface area contributed by atoms with E-state index in [4.69, 9.17) is 11.1 Å². The number of aromatic nitrogens is 3. The van der Waals surface area contributed by atoms with Crippen LogP contribution in [0.2, 0.25) is 0 Å². The first-order chi connectivity index (χ1) is 23.4. The highest BCUT2D eigenvalue weighted by molar-refractivity contribution is 6.22. The van der Waals surface area contributed by atoms with Gasteiger partial charge in [-0.3, -0.25) is 24.6 Å². The number of amides is 3. The number of primary amides is 1. The Hall–Kier alpha value is -5.73. The minimum atomic E-state index is -0.874. The Kier molecular flexibility index (Phi) is 10.3. The first-order valence-electron chi connectivity index (χ1n) is 16.1. The standard InChI is InChI=1S/C34H42N10O5/c1-21(2)25-17-26(29(47)18-28(25)46)31(35)44(34(36)49)24-7-8-27-23(16-24)11-15-41(27)12-5-6-22-9-13-42(14-10-22)33(48)30-32(38-39-40(3)4)43(20-45)19-37-30/h7-8,11,15-22,35,46-47H,5-6,9-10,12-14H2,1-4H3,(H2,36,49)/b35-31?,39-38-. The van der Waals surface area contributed by atoms with Crippen LogP contribution in [0, 0.1) is 11.3 Å². The molecule has 1 aliphatic rings. The molecule has 49 heavy (non-hydrogen) atoms. The van der Waals surface area contributed by atoms with Gasteiger partial charge in [-0.05, 0) is 73.4 Å². The number of phenolic OH excluding ortho intramolecular Hbond substituents is 2. The third-order valence-corrected chi connectivity index (χ3v) is 8.79. The Balaban J connectivity index is 1.20. The summed E-state index contributed by atoms with van der Waals surface area (Å²) in [6, 6.07) is 9.13. The summed E-state index contributed by atoms with van der Waals surface area (Å²) in [6.07, 6.45) is 7.43. The number of carbonyl (C=O) groups is 3. The number of rotatable bonds is 11. The molecule has 3 amide bonds. The van der Waals surface area contributed by atoms with Crippen molar-refractivity contribution in [3.05, 3.63) is 65.7 Å². The fourth-order valence-corrected chi connectivity index (χ4v) is 6.19. The first kappa shape index (κ1) is 34.6. The van der Waals surface area contributed by atoms with Crippen LogP contribution in [0.15, 0.2) is 59.3 Å². The van der Waals surface area contributed by atoms with Gasteiger partial charge in [-0.2, -0.15) is 0 Å². The smallest absolute Gasteiger partial charge is 0.325 e. The van der Waals surface area contributed by atoms with Gasteiger partial charge in [0.25, 0.3) is 5.91 Å². The zero-order chi connectivity index (χ0) is 35.4. The molecule has 1 saturated heterocycles. The molecule has 0 bridgehead atoms. The van der Waals surface area contributed by atoms with Gasteiger partial charge < -0.3 is 25.4 Å². The van der Waals surface area contributed by atoms with E-state index in [0.29, 0.717) is 36.7 Å². The number of anilines is 1. The SMILES string of the molecule is CC(C)c1cc(C(=N)N(C(N)=O)c2ccc3c(ccn3CCCC3CCN(C(=O)c4ncn(C=O)c4/N=N\N(C)C)CC3)c2)c(O)cc1O. The summed E-state index contributed by atoms with van der Waals surface area (Å²) in [5.41, 5.74) is 7.79. The van der Waals surface area contributed by atoms with Crippen molar-refractivity contribution >= 4 is 46.6 Å². The van der Waals surface area contributed by atoms with Gasteiger partial charge in [0.1, 0.15) is 23.7 Å². The average molecular weight is 671 g/mol. The van der Waals surface area contributed by atoms with Crippen LogP contribution in [0.3, 0.4) is 0 Å². The summed E-state index contributed by atoms with van der Waals surface area (Å²) in [6.45, 7) is 5.71. The quantitative estimate of drug-likeness (QED) is 0.0551. The predicted molar refractivity (Wildman–Crippen MR) is 185 cm³/mol. The monoisotopic (exact) mass is 670 g/mol. The van der Waals surface area contributed by atoms with Crippen molar-refractivity contribution in [3.8, 4) is 11.5 Å². The van der Waals surface area contributed by atoms with E-state index < -0.39 is 6.03 Å². The number of fused-ring (bicyclic) bond motifs is 1. The van der Waals surface area contributed by atoms with E-state index >= 15 is 0 Å². The van der Waals surface area contributed by atoms with Crippen molar-refractivity contribution in [1.82, 2.24) is 24.0 Å². The maximum Gasteiger partial charge on any atom is 0.325 e. The fraction of sp³-hybridized carbons (Fsp3) is 0.382. The number of nitrogens with one attached hydrogen (secondary N) is 1. The average Bonchev–Trinajstić information content (AvgIpc) is 3.67. The van der Waals surface area contributed by atoms with Crippen molar-refractivity contribution in [2.75, 3.05) is 32.1 Å². The number of likely N-dealkylation sites (tertiary alicyclic amines) is 1. The second-order valence-electron chi connectivity index (χ2n) is 12.7. The number of piperidine rings is 1. The summed E-state index contributed by atoms with van der Waals surface area (Å²) >= 11 is 0. The fourth-order valence-electron chi connectivity index (χ4n) is 6.19. The lowest BCUT2D eigenvalue weighted by molar-refractivity contribution is 0.0680. The topological polar surface area (TPSA) is 199 Å². The van der Waals surface area contributed by atoms with E-state index in [2.05, 4.69) is 19.9 Å². The molecular formula is C34H42N10O5. The van der Waals surface area contributed by atoms with Crippen molar-refractivity contribution in [2.45, 2.75) is 52.0 Å². The second kappa shape index (κ2) is 14.6. The number of nitrogens with zero attached hydrogens (tertiary/aromatic N) is 8. The Morgan fingerprint density at radius 2 is 1.86 bits per heavy atom. The second-order valence-corrected chi connectivity index (χ2v) is 12.7. The summed E-state index contributed by atoms with van der Waals surface area (Å²) in [7, 11) is 3.38. The number of aryl methyl sites for hydroxylation is 1. The van der Waals surface area contributed by atoms with E-state index in [-0.39, 0.29) is 46.2 Å². The molecule has 3 heterocycles. The van der Waals surface area contributed by atoms with Crippen LogP contribution in [-0.4, -0.2) is 85.6 Å². The van der Waals surface area contributed by atoms with Gasteiger partial charge in [-0.15, -0.1) is 5.11 Å². The molecule has 2 aromatic carbocycles. The Morgan fingerprint density at radius 3 is 2.51 bits per heavy atom. The van der Waals surface area contributed by atoms with Crippen molar-refractivity contribution in [2.24, 2.45) is 22.0 Å². The van der Waals surface area contributed by atoms with Crippen LogP contribution in [0.4, 0.5) is 16.3 Å². The molecule has 5 rings (SSSR count). The molecule has 258 valence electrons. The highest BCUT2D eigenvalue weighted by Crippen LogP contribution is 2.34. The summed E-state index contributed by atoms with van der Waals surface area (Å²) < 4.78 is 3.29. The number of carbonyl (C=O) groups excluding carboxylic acids is 3. The molecule has 0 radical (unpaired) electrons. The van der Waals surface area contributed by atoms with Gasteiger partial charge in [-0.1, -0.05) is 19.1 Å². The third kappa shape index (κ3) is 7.40. The molecule has 5 N–H and O–H groups in total. The van der Waals surface area contributed by atoms with Gasteiger partial charge in [0.15, 0.2) is 11.5 Å². The summed E-state index contributed by atoms with van der Waals surface area (Å²) in [5, 5.41) is 39.8. The number of nitrogens with two attached hydrogens (primary N) is 1. The lowest BCUT2D eigenvalue weighted by Gasteiger charge is -2.31. The van der Waals surface area contributed by atoms with E-state index in [0.717, 1.165) is 52.6 Å². The van der Waals surface area contributed by atoms with Crippen LogP contribution >= 0.6 is 0 Å². The molecule has 0 aliphatic carbocycles. The van der Waals surface area contributed by atoms with Crippen LogP contribution in [0.25, 0.3) is 10.9 Å². The molecule has 0 spiro atoms. The third-order valence-electron chi connectivity index (χ3n) is 8.79. The lowest BCUT2D eigenvalue weighted by atomic mass is 9.92. The molecule has 15 heteroatoms. The molecular weight excluding hydrogens is 628 g/mol. The Morgan fingerprint density at radius 1 is 1.12 bits per heavy atom. The van der Waals surface area contributed by atoms with E-state index in [1.165, 1.54) is 23.5 Å². The van der Waals surface area contributed by atoms with E-state index in [1.807, 2.05) is 32.2 Å². The summed E-state index contributed by atoms with van der Waals surface area (Å²) in [5.74, 6) is -0.489. The Labute approximate surface area is 283 Å². The van der Waals surface area contributed by atoms with Crippen LogP contribution < -0.4 is 10.6 Å². The van der Waals surface area contributed by atoms with Crippen molar-refractivity contribution in [3.63, 3.8) is 0 Å². The number of phenols is 2. The molecule has 0 atom stereocenters. The predicted octanol–water partition coefficient (Wildman–Crippen LogP) is 5.21. The van der Waals surface area contributed by atoms with Crippen molar-refractivity contribution < 1.29 is 24.6 Å².